The van der Waals surface area contributed by atoms with Gasteiger partial charge in [-0.1, -0.05) is 6.07 Å². The quantitative estimate of drug-likeness (QED) is 0.859. The van der Waals surface area contributed by atoms with Crippen LogP contribution in [0.1, 0.15) is 35.9 Å². The van der Waals surface area contributed by atoms with E-state index in [1.54, 1.807) is 12.1 Å². The number of aliphatic hydroxyl groups is 1. The minimum absolute atomic E-state index is 0.118. The van der Waals surface area contributed by atoms with E-state index in [1.165, 1.54) is 12.3 Å². The lowest BCUT2D eigenvalue weighted by Crippen LogP contribution is -2.53. The van der Waals surface area contributed by atoms with Gasteiger partial charge < -0.3 is 5.11 Å². The summed E-state index contributed by atoms with van der Waals surface area (Å²) in [4.78, 5) is 7.76. The van der Waals surface area contributed by atoms with E-state index < -0.39 is 42.0 Å². The molecule has 2 heterocycles. The number of pyridine rings is 2. The van der Waals surface area contributed by atoms with E-state index in [4.69, 9.17) is 0 Å². The van der Waals surface area contributed by atoms with Crippen molar-refractivity contribution in [2.75, 3.05) is 0 Å². The predicted octanol–water partition coefficient (Wildman–Crippen LogP) is 3.90. The van der Waals surface area contributed by atoms with Gasteiger partial charge in [0.1, 0.15) is 6.10 Å². The Labute approximate surface area is 134 Å². The Morgan fingerprint density at radius 1 is 1.04 bits per heavy atom. The van der Waals surface area contributed by atoms with E-state index in [0.29, 0.717) is 0 Å². The van der Waals surface area contributed by atoms with E-state index in [-0.39, 0.29) is 11.4 Å². The molecule has 0 spiro atoms. The summed E-state index contributed by atoms with van der Waals surface area (Å²) in [6.45, 7) is 0. The maximum atomic E-state index is 13.5. The van der Waals surface area contributed by atoms with Crippen LogP contribution in [-0.4, -0.2) is 21.0 Å². The molecule has 3 nitrogen and oxygen atoms in total. The SMILES string of the molecule is OC(c1ccccn1)C1(c2cc(C(F)(F)F)ccn2)CC(F)(F)C1. The highest BCUT2D eigenvalue weighted by atomic mass is 19.4. The average Bonchev–Trinajstić information content (AvgIpc) is 2.51. The molecule has 1 aliphatic carbocycles. The molecule has 0 radical (unpaired) electrons. The Kier molecular flexibility index (Phi) is 3.82. The highest BCUT2D eigenvalue weighted by Crippen LogP contribution is 2.58. The Balaban J connectivity index is 2.05. The van der Waals surface area contributed by atoms with Crippen molar-refractivity contribution in [3.63, 3.8) is 0 Å². The Morgan fingerprint density at radius 3 is 2.29 bits per heavy atom. The van der Waals surface area contributed by atoms with Crippen LogP contribution in [0.25, 0.3) is 0 Å². The second-order valence-electron chi connectivity index (χ2n) is 5.95. The molecule has 0 bridgehead atoms. The molecule has 0 amide bonds. The molecule has 1 saturated carbocycles. The number of nitrogens with zero attached hydrogens (tertiary/aromatic N) is 2. The van der Waals surface area contributed by atoms with Gasteiger partial charge in [-0.05, 0) is 24.3 Å². The third-order valence-corrected chi connectivity index (χ3v) is 4.24. The number of aromatic nitrogens is 2. The van der Waals surface area contributed by atoms with Gasteiger partial charge in [0.2, 0.25) is 5.92 Å². The van der Waals surface area contributed by atoms with Crippen LogP contribution in [-0.2, 0) is 11.6 Å². The Bertz CT molecular complexity index is 725. The van der Waals surface area contributed by atoms with Gasteiger partial charge in [0.15, 0.2) is 0 Å². The normalized spacial score (nSPS) is 20.2. The fraction of sp³-hybridized carbons (Fsp3) is 0.375. The van der Waals surface area contributed by atoms with E-state index in [0.717, 1.165) is 18.3 Å². The molecule has 128 valence electrons. The zero-order valence-electron chi connectivity index (χ0n) is 12.3. The van der Waals surface area contributed by atoms with Crippen LogP contribution >= 0.6 is 0 Å². The molecule has 24 heavy (non-hydrogen) atoms. The lowest BCUT2D eigenvalue weighted by Gasteiger charge is -2.49. The molecule has 2 aromatic heterocycles. The van der Waals surface area contributed by atoms with Crippen LogP contribution in [0.3, 0.4) is 0 Å². The second-order valence-corrected chi connectivity index (χ2v) is 5.95. The van der Waals surface area contributed by atoms with E-state index >= 15 is 0 Å². The third-order valence-electron chi connectivity index (χ3n) is 4.24. The van der Waals surface area contributed by atoms with Crippen LogP contribution in [0.5, 0.6) is 0 Å². The van der Waals surface area contributed by atoms with Gasteiger partial charge in [-0.2, -0.15) is 13.2 Å². The maximum Gasteiger partial charge on any atom is 0.416 e. The monoisotopic (exact) mass is 344 g/mol. The third kappa shape index (κ3) is 2.86. The first-order valence-corrected chi connectivity index (χ1v) is 7.15. The van der Waals surface area contributed by atoms with Gasteiger partial charge in [-0.15, -0.1) is 0 Å². The van der Waals surface area contributed by atoms with Gasteiger partial charge in [-0.3, -0.25) is 9.97 Å². The predicted molar refractivity (Wildman–Crippen MR) is 74.3 cm³/mol. The molecule has 1 fully saturated rings. The summed E-state index contributed by atoms with van der Waals surface area (Å²) in [6.07, 6.45) is -5.38. The van der Waals surface area contributed by atoms with Crippen molar-refractivity contribution in [3.05, 3.63) is 59.7 Å². The Morgan fingerprint density at radius 2 is 1.75 bits per heavy atom. The topological polar surface area (TPSA) is 46.0 Å². The molecule has 8 heteroatoms. The van der Waals surface area contributed by atoms with Crippen molar-refractivity contribution in [2.24, 2.45) is 0 Å². The highest BCUT2D eigenvalue weighted by molar-refractivity contribution is 5.33. The molecule has 0 saturated heterocycles. The van der Waals surface area contributed by atoms with Crippen molar-refractivity contribution < 1.29 is 27.1 Å². The fourth-order valence-corrected chi connectivity index (χ4v) is 3.09. The summed E-state index contributed by atoms with van der Waals surface area (Å²) < 4.78 is 65.8. The second kappa shape index (κ2) is 5.47. The first-order valence-electron chi connectivity index (χ1n) is 7.15. The van der Waals surface area contributed by atoms with Crippen molar-refractivity contribution >= 4 is 0 Å². The molecule has 1 aliphatic rings. The van der Waals surface area contributed by atoms with E-state index in [1.807, 2.05) is 0 Å². The number of halogens is 5. The van der Waals surface area contributed by atoms with Crippen LogP contribution in [0.15, 0.2) is 42.7 Å². The average molecular weight is 344 g/mol. The van der Waals surface area contributed by atoms with Crippen LogP contribution < -0.4 is 0 Å². The number of rotatable bonds is 3. The minimum Gasteiger partial charge on any atom is -0.386 e. The number of alkyl halides is 5. The van der Waals surface area contributed by atoms with Crippen LogP contribution in [0.4, 0.5) is 22.0 Å². The van der Waals surface area contributed by atoms with Gasteiger partial charge in [0, 0.05) is 25.2 Å². The molecule has 3 rings (SSSR count). The van der Waals surface area contributed by atoms with Gasteiger partial charge in [0.05, 0.1) is 22.4 Å². The zero-order valence-corrected chi connectivity index (χ0v) is 12.3. The molecule has 0 aromatic carbocycles. The lowest BCUT2D eigenvalue weighted by molar-refractivity contribution is -0.165. The highest BCUT2D eigenvalue weighted by Gasteiger charge is 2.62. The standard InChI is InChI=1S/C16H13F5N2O/c17-15(18)8-14(9-15,13(24)11-3-1-2-5-22-11)12-7-10(4-6-23-12)16(19,20)21/h1-7,13,24H,8-9H2. The van der Waals surface area contributed by atoms with Crippen molar-refractivity contribution in [2.45, 2.75) is 36.5 Å². The first kappa shape index (κ1) is 16.8. The maximum absolute atomic E-state index is 13.5. The lowest BCUT2D eigenvalue weighted by atomic mass is 9.59. The Hall–Kier alpha value is -2.09. The molecule has 0 aliphatic heterocycles. The summed E-state index contributed by atoms with van der Waals surface area (Å²) >= 11 is 0. The summed E-state index contributed by atoms with van der Waals surface area (Å²) in [7, 11) is 0. The molecule has 1 unspecified atom stereocenters. The first-order chi connectivity index (χ1) is 11.1. The zero-order chi connectivity index (χ0) is 17.6. The summed E-state index contributed by atoms with van der Waals surface area (Å²) in [5.41, 5.74) is -2.68. The van der Waals surface area contributed by atoms with Crippen LogP contribution in [0, 0.1) is 0 Å². The van der Waals surface area contributed by atoms with Gasteiger partial charge >= 0.3 is 6.18 Å². The summed E-state index contributed by atoms with van der Waals surface area (Å²) in [6, 6.07) is 6.08. The van der Waals surface area contributed by atoms with Crippen molar-refractivity contribution in [1.82, 2.24) is 9.97 Å². The van der Waals surface area contributed by atoms with E-state index in [2.05, 4.69) is 9.97 Å². The smallest absolute Gasteiger partial charge is 0.386 e. The number of hydrogen-bond donors (Lipinski definition) is 1. The van der Waals surface area contributed by atoms with E-state index in [9.17, 15) is 27.1 Å². The van der Waals surface area contributed by atoms with Gasteiger partial charge in [-0.25, -0.2) is 8.78 Å². The number of hydrogen-bond acceptors (Lipinski definition) is 3. The minimum atomic E-state index is -4.62. The molecular formula is C16H13F5N2O. The molecule has 1 N–H and O–H groups in total. The van der Waals surface area contributed by atoms with Crippen LogP contribution in [0.2, 0.25) is 0 Å². The molecule has 1 atom stereocenters. The van der Waals surface area contributed by atoms with Crippen molar-refractivity contribution in [3.8, 4) is 0 Å². The van der Waals surface area contributed by atoms with Crippen molar-refractivity contribution in [1.29, 1.82) is 0 Å². The van der Waals surface area contributed by atoms with Gasteiger partial charge in [0.25, 0.3) is 0 Å². The largest absolute Gasteiger partial charge is 0.416 e. The fourth-order valence-electron chi connectivity index (χ4n) is 3.09. The summed E-state index contributed by atoms with van der Waals surface area (Å²) in [5.74, 6) is -3.06. The number of aliphatic hydroxyl groups excluding tert-OH is 1. The summed E-state index contributed by atoms with van der Waals surface area (Å²) in [5, 5.41) is 10.6. The molecular weight excluding hydrogens is 331 g/mol. The molecule has 2 aromatic rings.